The highest BCUT2D eigenvalue weighted by Gasteiger charge is 2.20. The number of hydrogen-bond acceptors (Lipinski definition) is 1. The summed E-state index contributed by atoms with van der Waals surface area (Å²) in [6.07, 6.45) is 4.85. The maximum atomic E-state index is 13.7. The SMILES string of the molecule is CC1CCC(c2ccc(C(=O)c3ccc(F)cc3F)cc2)CC1. The Morgan fingerprint density at radius 2 is 1.61 bits per heavy atom. The number of rotatable bonds is 3. The predicted molar refractivity (Wildman–Crippen MR) is 86.6 cm³/mol. The third-order valence-corrected chi connectivity index (χ3v) is 4.84. The molecule has 1 fully saturated rings. The number of ketones is 1. The highest BCUT2D eigenvalue weighted by atomic mass is 19.1. The van der Waals surface area contributed by atoms with Crippen LogP contribution in [0.3, 0.4) is 0 Å². The van der Waals surface area contributed by atoms with Crippen LogP contribution in [-0.2, 0) is 0 Å². The standard InChI is InChI=1S/C20H20F2O/c1-13-2-4-14(5-3-13)15-6-8-16(9-7-15)20(23)18-11-10-17(21)12-19(18)22/h6-14H,2-5H2,1H3. The molecule has 0 atom stereocenters. The molecule has 0 aromatic heterocycles. The molecule has 2 aromatic rings. The molecular formula is C20H20F2O. The van der Waals surface area contributed by atoms with Crippen LogP contribution in [0.1, 0.15) is 60.0 Å². The molecular weight excluding hydrogens is 294 g/mol. The van der Waals surface area contributed by atoms with E-state index in [0.717, 1.165) is 18.1 Å². The second kappa shape index (κ2) is 6.61. The van der Waals surface area contributed by atoms with Crippen LogP contribution in [-0.4, -0.2) is 5.78 Å². The molecule has 1 nitrogen and oxygen atoms in total. The van der Waals surface area contributed by atoms with Crippen molar-refractivity contribution in [2.75, 3.05) is 0 Å². The average Bonchev–Trinajstić information content (AvgIpc) is 2.55. The lowest BCUT2D eigenvalue weighted by Gasteiger charge is -2.26. The van der Waals surface area contributed by atoms with Crippen molar-refractivity contribution in [1.82, 2.24) is 0 Å². The van der Waals surface area contributed by atoms with Gasteiger partial charge < -0.3 is 0 Å². The van der Waals surface area contributed by atoms with Crippen LogP contribution in [0.15, 0.2) is 42.5 Å². The number of carbonyl (C=O) groups is 1. The lowest BCUT2D eigenvalue weighted by Crippen LogP contribution is -2.11. The molecule has 3 rings (SSSR count). The predicted octanol–water partition coefficient (Wildman–Crippen LogP) is 5.49. The Morgan fingerprint density at radius 1 is 0.957 bits per heavy atom. The van der Waals surface area contributed by atoms with Gasteiger partial charge in [0.15, 0.2) is 5.78 Å². The number of halogens is 2. The first-order chi connectivity index (χ1) is 11.0. The third-order valence-electron chi connectivity index (χ3n) is 4.84. The summed E-state index contributed by atoms with van der Waals surface area (Å²) in [5.74, 6) is -0.556. The Labute approximate surface area is 135 Å². The van der Waals surface area contributed by atoms with Gasteiger partial charge in [0.2, 0.25) is 0 Å². The van der Waals surface area contributed by atoms with Crippen molar-refractivity contribution in [2.24, 2.45) is 5.92 Å². The van der Waals surface area contributed by atoms with Gasteiger partial charge in [-0.1, -0.05) is 44.0 Å². The van der Waals surface area contributed by atoms with Gasteiger partial charge in [-0.25, -0.2) is 8.78 Å². The molecule has 2 aromatic carbocycles. The molecule has 0 aliphatic heterocycles. The molecule has 3 heteroatoms. The molecule has 0 spiro atoms. The van der Waals surface area contributed by atoms with Crippen LogP contribution in [0.25, 0.3) is 0 Å². The van der Waals surface area contributed by atoms with E-state index in [1.54, 1.807) is 12.1 Å². The Morgan fingerprint density at radius 3 is 2.22 bits per heavy atom. The van der Waals surface area contributed by atoms with Crippen LogP contribution in [0.2, 0.25) is 0 Å². The Kier molecular flexibility index (Phi) is 4.56. The van der Waals surface area contributed by atoms with Crippen molar-refractivity contribution >= 4 is 5.78 Å². The normalized spacial score (nSPS) is 21.2. The summed E-state index contributed by atoms with van der Waals surface area (Å²) < 4.78 is 26.7. The van der Waals surface area contributed by atoms with Crippen molar-refractivity contribution in [3.8, 4) is 0 Å². The highest BCUT2D eigenvalue weighted by Crippen LogP contribution is 2.35. The third kappa shape index (κ3) is 3.49. The zero-order valence-electron chi connectivity index (χ0n) is 13.2. The molecule has 0 unspecified atom stereocenters. The first kappa shape index (κ1) is 15.9. The van der Waals surface area contributed by atoms with E-state index in [1.165, 1.54) is 37.3 Å². The second-order valence-electron chi connectivity index (χ2n) is 6.53. The summed E-state index contributed by atoms with van der Waals surface area (Å²) in [4.78, 5) is 12.3. The van der Waals surface area contributed by atoms with Crippen LogP contribution in [0, 0.1) is 17.6 Å². The van der Waals surface area contributed by atoms with E-state index in [0.29, 0.717) is 11.5 Å². The van der Waals surface area contributed by atoms with Gasteiger partial charge in [-0.3, -0.25) is 4.79 Å². The van der Waals surface area contributed by atoms with E-state index >= 15 is 0 Å². The zero-order valence-corrected chi connectivity index (χ0v) is 13.2. The molecule has 0 N–H and O–H groups in total. The summed E-state index contributed by atoms with van der Waals surface area (Å²) in [5, 5.41) is 0. The second-order valence-corrected chi connectivity index (χ2v) is 6.53. The van der Waals surface area contributed by atoms with Crippen molar-refractivity contribution < 1.29 is 13.6 Å². The minimum atomic E-state index is -0.819. The molecule has 1 aliphatic carbocycles. The van der Waals surface area contributed by atoms with Crippen LogP contribution >= 0.6 is 0 Å². The fourth-order valence-electron chi connectivity index (χ4n) is 3.33. The minimum absolute atomic E-state index is 0.0920. The molecule has 0 radical (unpaired) electrons. The van der Waals surface area contributed by atoms with E-state index < -0.39 is 17.4 Å². The van der Waals surface area contributed by atoms with Crippen molar-refractivity contribution in [3.63, 3.8) is 0 Å². The summed E-state index contributed by atoms with van der Waals surface area (Å²) in [5.41, 5.74) is 1.59. The smallest absolute Gasteiger partial charge is 0.195 e. The monoisotopic (exact) mass is 314 g/mol. The summed E-state index contributed by atoms with van der Waals surface area (Å²) >= 11 is 0. The topological polar surface area (TPSA) is 17.1 Å². The van der Waals surface area contributed by atoms with Gasteiger partial charge in [-0.05, 0) is 42.4 Å². The van der Waals surface area contributed by atoms with Crippen molar-refractivity contribution in [3.05, 3.63) is 70.8 Å². The van der Waals surface area contributed by atoms with Gasteiger partial charge in [-0.2, -0.15) is 0 Å². The van der Waals surface area contributed by atoms with Gasteiger partial charge in [0.05, 0.1) is 5.56 Å². The molecule has 1 saturated carbocycles. The van der Waals surface area contributed by atoms with E-state index in [-0.39, 0.29) is 5.56 Å². The number of carbonyl (C=O) groups excluding carboxylic acids is 1. The van der Waals surface area contributed by atoms with Gasteiger partial charge in [0.25, 0.3) is 0 Å². The molecule has 0 amide bonds. The van der Waals surface area contributed by atoms with Crippen molar-refractivity contribution in [1.29, 1.82) is 0 Å². The summed E-state index contributed by atoms with van der Waals surface area (Å²) in [6.45, 7) is 2.29. The molecule has 0 saturated heterocycles. The minimum Gasteiger partial charge on any atom is -0.288 e. The largest absolute Gasteiger partial charge is 0.288 e. The highest BCUT2D eigenvalue weighted by molar-refractivity contribution is 6.09. The summed E-state index contributed by atoms with van der Waals surface area (Å²) in [6, 6.07) is 10.5. The van der Waals surface area contributed by atoms with Crippen molar-refractivity contribution in [2.45, 2.75) is 38.5 Å². The number of hydrogen-bond donors (Lipinski definition) is 0. The van der Waals surface area contributed by atoms with E-state index in [1.807, 2.05) is 12.1 Å². The molecule has 1 aliphatic rings. The number of benzene rings is 2. The van der Waals surface area contributed by atoms with Crippen LogP contribution in [0.5, 0.6) is 0 Å². The van der Waals surface area contributed by atoms with Gasteiger partial charge >= 0.3 is 0 Å². The fourth-order valence-corrected chi connectivity index (χ4v) is 3.33. The van der Waals surface area contributed by atoms with Crippen LogP contribution in [0.4, 0.5) is 8.78 Å². The Bertz CT molecular complexity index is 698. The summed E-state index contributed by atoms with van der Waals surface area (Å²) in [7, 11) is 0. The molecule has 0 heterocycles. The lowest BCUT2D eigenvalue weighted by atomic mass is 9.79. The van der Waals surface area contributed by atoms with Gasteiger partial charge in [-0.15, -0.1) is 0 Å². The van der Waals surface area contributed by atoms with Gasteiger partial charge in [0.1, 0.15) is 11.6 Å². The van der Waals surface area contributed by atoms with Crippen LogP contribution < -0.4 is 0 Å². The Balaban J connectivity index is 1.77. The average molecular weight is 314 g/mol. The van der Waals surface area contributed by atoms with E-state index in [4.69, 9.17) is 0 Å². The maximum absolute atomic E-state index is 13.7. The maximum Gasteiger partial charge on any atom is 0.195 e. The Hall–Kier alpha value is -2.03. The quantitative estimate of drug-likeness (QED) is 0.685. The fraction of sp³-hybridized carbons (Fsp3) is 0.350. The molecule has 120 valence electrons. The first-order valence-electron chi connectivity index (χ1n) is 8.14. The zero-order chi connectivity index (χ0) is 16.4. The first-order valence-corrected chi connectivity index (χ1v) is 8.14. The molecule has 23 heavy (non-hydrogen) atoms. The van der Waals surface area contributed by atoms with E-state index in [9.17, 15) is 13.6 Å². The van der Waals surface area contributed by atoms with E-state index in [2.05, 4.69) is 6.92 Å². The van der Waals surface area contributed by atoms with Gasteiger partial charge in [0, 0.05) is 11.6 Å². The molecule has 0 bridgehead atoms. The lowest BCUT2D eigenvalue weighted by molar-refractivity contribution is 0.103.